The van der Waals surface area contributed by atoms with Gasteiger partial charge in [0.05, 0.1) is 11.7 Å². The van der Waals surface area contributed by atoms with Gasteiger partial charge in [-0.3, -0.25) is 0 Å². The van der Waals surface area contributed by atoms with Crippen molar-refractivity contribution in [1.29, 1.82) is 0 Å². The van der Waals surface area contributed by atoms with E-state index in [4.69, 9.17) is 4.74 Å². The van der Waals surface area contributed by atoms with Gasteiger partial charge in [0, 0.05) is 18.3 Å². The van der Waals surface area contributed by atoms with Crippen molar-refractivity contribution in [2.24, 2.45) is 0 Å². The molecule has 0 aromatic heterocycles. The molecule has 1 saturated heterocycles. The van der Waals surface area contributed by atoms with Gasteiger partial charge in [-0.1, -0.05) is 6.07 Å². The Morgan fingerprint density at radius 1 is 1.50 bits per heavy atom. The number of benzene rings is 1. The van der Waals surface area contributed by atoms with E-state index in [0.29, 0.717) is 11.3 Å². The zero-order chi connectivity index (χ0) is 13.1. The molecule has 2 unspecified atom stereocenters. The van der Waals surface area contributed by atoms with E-state index in [1.807, 2.05) is 26.0 Å². The van der Waals surface area contributed by atoms with E-state index in [1.165, 1.54) is 0 Å². The lowest BCUT2D eigenvalue weighted by Crippen LogP contribution is -2.33. The lowest BCUT2D eigenvalue weighted by atomic mass is 10.0. The third kappa shape index (κ3) is 3.01. The Morgan fingerprint density at radius 3 is 2.94 bits per heavy atom. The van der Waals surface area contributed by atoms with Crippen molar-refractivity contribution in [3.8, 4) is 0 Å². The first-order chi connectivity index (χ1) is 8.56. The van der Waals surface area contributed by atoms with Gasteiger partial charge in [-0.25, -0.2) is 4.79 Å². The van der Waals surface area contributed by atoms with Gasteiger partial charge >= 0.3 is 5.97 Å². The van der Waals surface area contributed by atoms with Crippen LogP contribution in [0.1, 0.15) is 35.7 Å². The molecular formula is C14H19NO3. The van der Waals surface area contributed by atoms with Crippen molar-refractivity contribution in [2.45, 2.75) is 38.8 Å². The number of carbonyl (C=O) groups is 1. The first kappa shape index (κ1) is 12.9. The minimum Gasteiger partial charge on any atom is -0.478 e. The summed E-state index contributed by atoms with van der Waals surface area (Å²) in [6.07, 6.45) is 2.05. The average Bonchev–Trinajstić information content (AvgIpc) is 2.28. The van der Waals surface area contributed by atoms with Crippen molar-refractivity contribution in [1.82, 2.24) is 0 Å². The molecule has 1 fully saturated rings. The quantitative estimate of drug-likeness (QED) is 0.864. The molecule has 98 valence electrons. The molecule has 1 heterocycles. The van der Waals surface area contributed by atoms with Gasteiger partial charge in [-0.05, 0) is 44.4 Å². The highest BCUT2D eigenvalue weighted by atomic mass is 16.5. The SMILES string of the molecule is Cc1ccc(C(=O)O)c(NC2CCOC(C)C2)c1. The Bertz CT molecular complexity index is 445. The Kier molecular flexibility index (Phi) is 3.87. The van der Waals surface area contributed by atoms with Crippen molar-refractivity contribution in [3.05, 3.63) is 29.3 Å². The second-order valence-corrected chi connectivity index (χ2v) is 4.90. The molecule has 1 aliphatic heterocycles. The highest BCUT2D eigenvalue weighted by Crippen LogP contribution is 2.23. The first-order valence-corrected chi connectivity index (χ1v) is 6.28. The minimum atomic E-state index is -0.891. The van der Waals surface area contributed by atoms with Gasteiger partial charge in [0.1, 0.15) is 0 Å². The summed E-state index contributed by atoms with van der Waals surface area (Å²) in [7, 11) is 0. The molecule has 2 atom stereocenters. The van der Waals surface area contributed by atoms with E-state index in [9.17, 15) is 9.90 Å². The number of nitrogens with one attached hydrogen (secondary N) is 1. The van der Waals surface area contributed by atoms with Crippen molar-refractivity contribution < 1.29 is 14.6 Å². The van der Waals surface area contributed by atoms with Crippen LogP contribution in [0.2, 0.25) is 0 Å². The number of aromatic carboxylic acids is 1. The summed E-state index contributed by atoms with van der Waals surface area (Å²) in [5, 5.41) is 12.5. The highest BCUT2D eigenvalue weighted by Gasteiger charge is 2.21. The number of ether oxygens (including phenoxy) is 1. The summed E-state index contributed by atoms with van der Waals surface area (Å²) in [4.78, 5) is 11.2. The largest absolute Gasteiger partial charge is 0.478 e. The number of anilines is 1. The number of carboxylic acid groups (broad SMARTS) is 1. The normalized spacial score (nSPS) is 23.7. The van der Waals surface area contributed by atoms with Crippen LogP contribution in [0.4, 0.5) is 5.69 Å². The lowest BCUT2D eigenvalue weighted by Gasteiger charge is -2.29. The van der Waals surface area contributed by atoms with Crippen molar-refractivity contribution in [3.63, 3.8) is 0 Å². The van der Waals surface area contributed by atoms with Crippen LogP contribution >= 0.6 is 0 Å². The molecular weight excluding hydrogens is 230 g/mol. The summed E-state index contributed by atoms with van der Waals surface area (Å²) in [5.74, 6) is -0.891. The van der Waals surface area contributed by atoms with E-state index >= 15 is 0 Å². The van der Waals surface area contributed by atoms with Gasteiger partial charge in [0.15, 0.2) is 0 Å². The fraction of sp³-hybridized carbons (Fsp3) is 0.500. The Hall–Kier alpha value is -1.55. The second kappa shape index (κ2) is 5.40. The zero-order valence-corrected chi connectivity index (χ0v) is 10.8. The zero-order valence-electron chi connectivity index (χ0n) is 10.8. The second-order valence-electron chi connectivity index (χ2n) is 4.90. The molecule has 0 radical (unpaired) electrons. The molecule has 2 N–H and O–H groups in total. The van der Waals surface area contributed by atoms with Crippen molar-refractivity contribution in [2.75, 3.05) is 11.9 Å². The Labute approximate surface area is 107 Å². The number of hydrogen-bond donors (Lipinski definition) is 2. The van der Waals surface area contributed by atoms with Crippen LogP contribution in [-0.4, -0.2) is 29.8 Å². The molecule has 4 heteroatoms. The van der Waals surface area contributed by atoms with Crippen LogP contribution in [0.25, 0.3) is 0 Å². The van der Waals surface area contributed by atoms with Gasteiger partial charge in [0.25, 0.3) is 0 Å². The van der Waals surface area contributed by atoms with Crippen LogP contribution < -0.4 is 5.32 Å². The predicted molar refractivity (Wildman–Crippen MR) is 70.2 cm³/mol. The number of rotatable bonds is 3. The van der Waals surface area contributed by atoms with E-state index in [-0.39, 0.29) is 12.1 Å². The van der Waals surface area contributed by atoms with E-state index in [1.54, 1.807) is 6.07 Å². The van der Waals surface area contributed by atoms with Crippen LogP contribution in [0.3, 0.4) is 0 Å². The number of hydrogen-bond acceptors (Lipinski definition) is 3. The van der Waals surface area contributed by atoms with Crippen LogP contribution in [-0.2, 0) is 4.74 Å². The lowest BCUT2D eigenvalue weighted by molar-refractivity contribution is 0.0232. The van der Waals surface area contributed by atoms with Gasteiger partial charge in [-0.15, -0.1) is 0 Å². The maximum atomic E-state index is 11.2. The highest BCUT2D eigenvalue weighted by molar-refractivity contribution is 5.94. The van der Waals surface area contributed by atoms with E-state index in [0.717, 1.165) is 25.0 Å². The molecule has 0 saturated carbocycles. The van der Waals surface area contributed by atoms with Gasteiger partial charge < -0.3 is 15.2 Å². The predicted octanol–water partition coefficient (Wildman–Crippen LogP) is 2.67. The van der Waals surface area contributed by atoms with Crippen LogP contribution in [0.5, 0.6) is 0 Å². The third-order valence-electron chi connectivity index (χ3n) is 3.25. The Morgan fingerprint density at radius 2 is 2.28 bits per heavy atom. The molecule has 0 spiro atoms. The van der Waals surface area contributed by atoms with Gasteiger partial charge in [0.2, 0.25) is 0 Å². The fourth-order valence-corrected chi connectivity index (χ4v) is 2.31. The molecule has 0 aliphatic carbocycles. The summed E-state index contributed by atoms with van der Waals surface area (Å²) >= 11 is 0. The molecule has 1 aromatic carbocycles. The third-order valence-corrected chi connectivity index (χ3v) is 3.25. The van der Waals surface area contributed by atoms with E-state index < -0.39 is 5.97 Å². The maximum Gasteiger partial charge on any atom is 0.337 e. The summed E-state index contributed by atoms with van der Waals surface area (Å²) in [6, 6.07) is 5.65. The van der Waals surface area contributed by atoms with Crippen LogP contribution in [0, 0.1) is 6.92 Å². The fourth-order valence-electron chi connectivity index (χ4n) is 2.31. The average molecular weight is 249 g/mol. The number of carboxylic acids is 1. The molecule has 2 rings (SSSR count). The number of aryl methyl sites for hydroxylation is 1. The molecule has 4 nitrogen and oxygen atoms in total. The smallest absolute Gasteiger partial charge is 0.337 e. The van der Waals surface area contributed by atoms with E-state index in [2.05, 4.69) is 5.32 Å². The molecule has 1 aromatic rings. The maximum absolute atomic E-state index is 11.2. The molecule has 18 heavy (non-hydrogen) atoms. The van der Waals surface area contributed by atoms with Gasteiger partial charge in [-0.2, -0.15) is 0 Å². The van der Waals surface area contributed by atoms with Crippen LogP contribution in [0.15, 0.2) is 18.2 Å². The topological polar surface area (TPSA) is 58.6 Å². The molecule has 0 bridgehead atoms. The standard InChI is InChI=1S/C14H19NO3/c1-9-3-4-12(14(16)17)13(7-9)15-11-5-6-18-10(2)8-11/h3-4,7,10-11,15H,5-6,8H2,1-2H3,(H,16,17). The molecule has 0 amide bonds. The summed E-state index contributed by atoms with van der Waals surface area (Å²) < 4.78 is 5.49. The molecule has 1 aliphatic rings. The van der Waals surface area contributed by atoms with Crippen molar-refractivity contribution >= 4 is 11.7 Å². The minimum absolute atomic E-state index is 0.231. The summed E-state index contributed by atoms with van der Waals surface area (Å²) in [5.41, 5.74) is 2.10. The monoisotopic (exact) mass is 249 g/mol. The Balaban J connectivity index is 2.16. The first-order valence-electron chi connectivity index (χ1n) is 6.28. The summed E-state index contributed by atoms with van der Waals surface area (Å²) in [6.45, 7) is 4.73.